The van der Waals surface area contributed by atoms with E-state index in [1.54, 1.807) is 0 Å². The van der Waals surface area contributed by atoms with Gasteiger partial charge in [0.25, 0.3) is 0 Å². The van der Waals surface area contributed by atoms with Crippen LogP contribution in [0.5, 0.6) is 0 Å². The summed E-state index contributed by atoms with van der Waals surface area (Å²) in [7, 11) is 0. The van der Waals surface area contributed by atoms with Gasteiger partial charge in [-0.3, -0.25) is 5.10 Å². The first kappa shape index (κ1) is 12.9. The van der Waals surface area contributed by atoms with Gasteiger partial charge in [0.2, 0.25) is 0 Å². The number of carbonyl (C=O) groups excluding carboxylic acids is 1. The van der Waals surface area contributed by atoms with E-state index in [9.17, 15) is 4.79 Å². The zero-order valence-electron chi connectivity index (χ0n) is 11.2. The van der Waals surface area contributed by atoms with Gasteiger partial charge in [-0.25, -0.2) is 4.79 Å². The summed E-state index contributed by atoms with van der Waals surface area (Å²) >= 11 is 0. The highest BCUT2D eigenvalue weighted by atomic mass is 16.2. The van der Waals surface area contributed by atoms with Crippen LogP contribution in [0.25, 0.3) is 0 Å². The van der Waals surface area contributed by atoms with Crippen LogP contribution < -0.4 is 10.6 Å². The number of hydrogen-bond donors (Lipinski definition) is 3. The summed E-state index contributed by atoms with van der Waals surface area (Å²) in [6, 6.07) is 0.336. The van der Waals surface area contributed by atoms with Crippen LogP contribution in [0.4, 0.5) is 4.79 Å². The van der Waals surface area contributed by atoms with Gasteiger partial charge in [-0.2, -0.15) is 5.10 Å². The maximum atomic E-state index is 11.7. The highest BCUT2D eigenvalue weighted by molar-refractivity contribution is 5.74. The molecule has 2 amide bonds. The van der Waals surface area contributed by atoms with E-state index in [1.807, 2.05) is 13.8 Å². The van der Waals surface area contributed by atoms with E-state index in [4.69, 9.17) is 0 Å². The van der Waals surface area contributed by atoms with Crippen LogP contribution in [0.3, 0.4) is 0 Å². The largest absolute Gasteiger partial charge is 0.338 e. The van der Waals surface area contributed by atoms with Crippen LogP contribution in [0.2, 0.25) is 0 Å². The summed E-state index contributed by atoms with van der Waals surface area (Å²) in [5.41, 5.74) is 3.31. The molecule has 0 unspecified atom stereocenters. The lowest BCUT2D eigenvalue weighted by atomic mass is 10.1. The topological polar surface area (TPSA) is 69.8 Å². The number of aromatic amines is 1. The maximum Gasteiger partial charge on any atom is 0.315 e. The fourth-order valence-corrected chi connectivity index (χ4v) is 2.55. The Kier molecular flexibility index (Phi) is 4.23. The number of aryl methyl sites for hydroxylation is 2. The molecule has 5 heteroatoms. The zero-order valence-corrected chi connectivity index (χ0v) is 11.2. The second-order valence-electron chi connectivity index (χ2n) is 5.04. The van der Waals surface area contributed by atoms with E-state index in [0.717, 1.165) is 30.7 Å². The number of rotatable bonds is 4. The standard InChI is InChI=1S/C13H22N4O/c1-9-12(10(2)17-16-9)7-8-14-13(18)15-11-5-3-4-6-11/h11H,3-8H2,1-2H3,(H,16,17)(H2,14,15,18). The summed E-state index contributed by atoms with van der Waals surface area (Å²) in [4.78, 5) is 11.7. The number of urea groups is 1. The Hall–Kier alpha value is -1.52. The van der Waals surface area contributed by atoms with Gasteiger partial charge in [0.1, 0.15) is 0 Å². The fourth-order valence-electron chi connectivity index (χ4n) is 2.55. The minimum Gasteiger partial charge on any atom is -0.338 e. The van der Waals surface area contributed by atoms with Crippen molar-refractivity contribution in [2.75, 3.05) is 6.54 Å². The molecule has 0 aliphatic heterocycles. The molecular weight excluding hydrogens is 228 g/mol. The Morgan fingerprint density at radius 3 is 2.72 bits per heavy atom. The quantitative estimate of drug-likeness (QED) is 0.762. The normalized spacial score (nSPS) is 15.9. The van der Waals surface area contributed by atoms with E-state index in [1.165, 1.54) is 18.4 Å². The van der Waals surface area contributed by atoms with Gasteiger partial charge in [-0.1, -0.05) is 12.8 Å². The molecule has 1 aliphatic rings. The molecule has 1 aromatic heterocycles. The second-order valence-corrected chi connectivity index (χ2v) is 5.04. The first-order chi connectivity index (χ1) is 8.66. The molecule has 18 heavy (non-hydrogen) atoms. The summed E-state index contributed by atoms with van der Waals surface area (Å²) in [6.07, 6.45) is 5.53. The van der Waals surface area contributed by atoms with Gasteiger partial charge >= 0.3 is 6.03 Å². The summed E-state index contributed by atoms with van der Waals surface area (Å²) in [5.74, 6) is 0. The number of amides is 2. The molecule has 100 valence electrons. The Labute approximate surface area is 108 Å². The van der Waals surface area contributed by atoms with Crippen LogP contribution in [0.15, 0.2) is 0 Å². The van der Waals surface area contributed by atoms with Crippen LogP contribution in [-0.2, 0) is 6.42 Å². The average molecular weight is 250 g/mol. The number of aromatic nitrogens is 2. The van der Waals surface area contributed by atoms with Crippen LogP contribution in [0.1, 0.15) is 42.6 Å². The van der Waals surface area contributed by atoms with Crippen molar-refractivity contribution in [2.45, 2.75) is 52.0 Å². The third-order valence-electron chi connectivity index (χ3n) is 3.63. The molecule has 0 atom stereocenters. The van der Waals surface area contributed by atoms with Crippen LogP contribution in [0, 0.1) is 13.8 Å². The molecule has 0 saturated heterocycles. The van der Waals surface area contributed by atoms with Crippen molar-refractivity contribution in [3.63, 3.8) is 0 Å². The van der Waals surface area contributed by atoms with E-state index in [0.29, 0.717) is 12.6 Å². The van der Waals surface area contributed by atoms with Crippen molar-refractivity contribution < 1.29 is 4.79 Å². The van der Waals surface area contributed by atoms with Gasteiger partial charge in [-0.05, 0) is 38.7 Å². The lowest BCUT2D eigenvalue weighted by Gasteiger charge is -2.12. The molecule has 5 nitrogen and oxygen atoms in total. The van der Waals surface area contributed by atoms with Crippen molar-refractivity contribution in [1.29, 1.82) is 0 Å². The van der Waals surface area contributed by atoms with Gasteiger partial charge in [0.15, 0.2) is 0 Å². The first-order valence-corrected chi connectivity index (χ1v) is 6.71. The monoisotopic (exact) mass is 250 g/mol. The SMILES string of the molecule is Cc1n[nH]c(C)c1CCNC(=O)NC1CCCC1. The molecule has 1 heterocycles. The molecule has 1 saturated carbocycles. The Bertz CT molecular complexity index is 388. The molecule has 3 N–H and O–H groups in total. The van der Waals surface area contributed by atoms with Crippen molar-refractivity contribution in [2.24, 2.45) is 0 Å². The fraction of sp³-hybridized carbons (Fsp3) is 0.692. The Morgan fingerprint density at radius 1 is 1.39 bits per heavy atom. The number of nitrogens with zero attached hydrogens (tertiary/aromatic N) is 1. The smallest absolute Gasteiger partial charge is 0.315 e. The van der Waals surface area contributed by atoms with Gasteiger partial charge in [0.05, 0.1) is 5.69 Å². The highest BCUT2D eigenvalue weighted by Gasteiger charge is 2.16. The third kappa shape index (κ3) is 3.24. The van der Waals surface area contributed by atoms with E-state index >= 15 is 0 Å². The zero-order chi connectivity index (χ0) is 13.0. The van der Waals surface area contributed by atoms with Crippen molar-refractivity contribution in [3.05, 3.63) is 17.0 Å². The summed E-state index contributed by atoms with van der Waals surface area (Å²) in [5, 5.41) is 13.0. The Balaban J connectivity index is 1.70. The van der Waals surface area contributed by atoms with Crippen molar-refractivity contribution in [1.82, 2.24) is 20.8 Å². The van der Waals surface area contributed by atoms with E-state index < -0.39 is 0 Å². The van der Waals surface area contributed by atoms with Crippen LogP contribution >= 0.6 is 0 Å². The summed E-state index contributed by atoms with van der Waals surface area (Å²) < 4.78 is 0. The molecular formula is C13H22N4O. The van der Waals surface area contributed by atoms with Gasteiger partial charge < -0.3 is 10.6 Å². The third-order valence-corrected chi connectivity index (χ3v) is 3.63. The maximum absolute atomic E-state index is 11.7. The Morgan fingerprint density at radius 2 is 2.11 bits per heavy atom. The van der Waals surface area contributed by atoms with E-state index in [-0.39, 0.29) is 6.03 Å². The first-order valence-electron chi connectivity index (χ1n) is 6.71. The molecule has 0 radical (unpaired) electrons. The molecule has 0 spiro atoms. The lowest BCUT2D eigenvalue weighted by molar-refractivity contribution is 0.237. The number of nitrogens with one attached hydrogen (secondary N) is 3. The van der Waals surface area contributed by atoms with Gasteiger partial charge in [-0.15, -0.1) is 0 Å². The predicted octanol–water partition coefficient (Wildman–Crippen LogP) is 1.81. The van der Waals surface area contributed by atoms with Gasteiger partial charge in [0, 0.05) is 18.3 Å². The molecule has 1 aliphatic carbocycles. The molecule has 1 fully saturated rings. The average Bonchev–Trinajstić information content (AvgIpc) is 2.93. The number of carbonyl (C=O) groups is 1. The molecule has 0 bridgehead atoms. The lowest BCUT2D eigenvalue weighted by Crippen LogP contribution is -2.41. The van der Waals surface area contributed by atoms with E-state index in [2.05, 4.69) is 20.8 Å². The molecule has 1 aromatic rings. The predicted molar refractivity (Wildman–Crippen MR) is 70.6 cm³/mol. The second kappa shape index (κ2) is 5.89. The number of hydrogen-bond acceptors (Lipinski definition) is 2. The van der Waals surface area contributed by atoms with Crippen LogP contribution in [-0.4, -0.2) is 28.8 Å². The minimum atomic E-state index is -0.0410. The molecule has 0 aromatic carbocycles. The van der Waals surface area contributed by atoms with Crippen molar-refractivity contribution >= 4 is 6.03 Å². The number of H-pyrrole nitrogens is 1. The molecule has 2 rings (SSSR count). The van der Waals surface area contributed by atoms with Crippen molar-refractivity contribution in [3.8, 4) is 0 Å². The summed E-state index contributed by atoms with van der Waals surface area (Å²) in [6.45, 7) is 4.64. The highest BCUT2D eigenvalue weighted by Crippen LogP contribution is 2.17. The minimum absolute atomic E-state index is 0.0410.